The van der Waals surface area contributed by atoms with E-state index in [1.165, 1.54) is 17.0 Å². The molecule has 0 saturated carbocycles. The summed E-state index contributed by atoms with van der Waals surface area (Å²) in [6.45, 7) is -0.163. The second-order valence-electron chi connectivity index (χ2n) is 4.59. The molecule has 8 heteroatoms. The van der Waals surface area contributed by atoms with E-state index in [1.807, 2.05) is 0 Å². The fourth-order valence-electron chi connectivity index (χ4n) is 2.05. The maximum Gasteiger partial charge on any atom is 0.412 e. The Kier molecular flexibility index (Phi) is 4.39. The van der Waals surface area contributed by atoms with Gasteiger partial charge < -0.3 is 10.6 Å². The van der Waals surface area contributed by atoms with Crippen molar-refractivity contribution in [2.75, 3.05) is 18.8 Å². The monoisotopic (exact) mass is 338 g/mol. The molecule has 2 N–H and O–H groups in total. The average molecular weight is 339 g/mol. The summed E-state index contributed by atoms with van der Waals surface area (Å²) in [6.07, 6.45) is -3.60. The number of amides is 1. The smallest absolute Gasteiger partial charge is 0.399 e. The Morgan fingerprint density at radius 3 is 2.48 bits per heavy atom. The molecule has 0 radical (unpaired) electrons. The minimum absolute atomic E-state index is 0.0348. The average Bonchev–Trinajstić information content (AvgIpc) is 2.41. The zero-order chi connectivity index (χ0) is 15.8. The van der Waals surface area contributed by atoms with Gasteiger partial charge >= 0.3 is 6.18 Å². The van der Waals surface area contributed by atoms with Crippen molar-refractivity contribution in [1.29, 1.82) is 0 Å². The molecular formula is C13H11Cl2F3N2O. The fraction of sp³-hybridized carbons (Fsp3) is 0.308. The summed E-state index contributed by atoms with van der Waals surface area (Å²) < 4.78 is 37.6. The van der Waals surface area contributed by atoms with Crippen LogP contribution in [0.2, 0.25) is 10.0 Å². The minimum Gasteiger partial charge on any atom is -0.399 e. The van der Waals surface area contributed by atoms with Gasteiger partial charge in [-0.15, -0.1) is 0 Å². The molecule has 0 aliphatic carbocycles. The van der Waals surface area contributed by atoms with Crippen molar-refractivity contribution >= 4 is 34.8 Å². The first-order valence-electron chi connectivity index (χ1n) is 6.00. The highest BCUT2D eigenvalue weighted by molar-refractivity contribution is 6.44. The number of benzene rings is 1. The summed E-state index contributed by atoms with van der Waals surface area (Å²) in [5.41, 5.74) is 5.33. The number of carbonyl (C=O) groups excluding carboxylic acids is 1. The molecule has 0 fully saturated rings. The first-order valence-corrected chi connectivity index (χ1v) is 6.75. The number of hydrogen-bond donors (Lipinski definition) is 1. The van der Waals surface area contributed by atoms with Gasteiger partial charge in [0.1, 0.15) is 0 Å². The molecule has 0 atom stereocenters. The molecule has 0 saturated heterocycles. The molecule has 1 aliphatic heterocycles. The van der Waals surface area contributed by atoms with Gasteiger partial charge in [-0.25, -0.2) is 0 Å². The predicted molar refractivity (Wildman–Crippen MR) is 75.5 cm³/mol. The number of nitrogens with zero attached hydrogens (tertiary/aromatic N) is 1. The summed E-state index contributed by atoms with van der Waals surface area (Å²) in [4.78, 5) is 13.6. The van der Waals surface area contributed by atoms with E-state index in [2.05, 4.69) is 0 Å². The van der Waals surface area contributed by atoms with Gasteiger partial charge in [0, 0.05) is 24.4 Å². The molecule has 114 valence electrons. The molecule has 1 aromatic rings. The van der Waals surface area contributed by atoms with Crippen LogP contribution in [0, 0.1) is 0 Å². The summed E-state index contributed by atoms with van der Waals surface area (Å²) in [5, 5.41) is 0.171. The van der Waals surface area contributed by atoms with Crippen LogP contribution in [-0.4, -0.2) is 30.1 Å². The van der Waals surface area contributed by atoms with E-state index in [1.54, 1.807) is 0 Å². The first kappa shape index (κ1) is 16.0. The zero-order valence-corrected chi connectivity index (χ0v) is 12.2. The van der Waals surface area contributed by atoms with Crippen LogP contribution in [0.4, 0.5) is 18.9 Å². The first-order chi connectivity index (χ1) is 9.70. The van der Waals surface area contributed by atoms with E-state index in [9.17, 15) is 18.0 Å². The third kappa shape index (κ3) is 3.44. The van der Waals surface area contributed by atoms with Crippen LogP contribution in [0.25, 0.3) is 0 Å². The standard InChI is InChI=1S/C13H11Cl2F3N2O/c14-10-6-8(19)5-9(11(10)15)12(21)20-3-1-7(2-4-20)13(16,17)18/h1,5-6H,2-4,19H2. The second kappa shape index (κ2) is 5.77. The van der Waals surface area contributed by atoms with Crippen molar-refractivity contribution in [2.45, 2.75) is 12.6 Å². The summed E-state index contributed by atoms with van der Waals surface area (Å²) in [7, 11) is 0. The van der Waals surface area contributed by atoms with Gasteiger partial charge in [-0.2, -0.15) is 13.2 Å². The Balaban J connectivity index is 2.22. The van der Waals surface area contributed by atoms with Gasteiger partial charge in [0.05, 0.1) is 15.6 Å². The highest BCUT2D eigenvalue weighted by Crippen LogP contribution is 2.32. The second-order valence-corrected chi connectivity index (χ2v) is 5.38. The number of rotatable bonds is 1. The highest BCUT2D eigenvalue weighted by Gasteiger charge is 2.35. The number of nitrogens with two attached hydrogens (primary N) is 1. The Morgan fingerprint density at radius 2 is 1.95 bits per heavy atom. The van der Waals surface area contributed by atoms with E-state index in [4.69, 9.17) is 28.9 Å². The number of hydrogen-bond acceptors (Lipinski definition) is 2. The van der Waals surface area contributed by atoms with Crippen molar-refractivity contribution in [3.05, 3.63) is 39.4 Å². The van der Waals surface area contributed by atoms with Crippen molar-refractivity contribution < 1.29 is 18.0 Å². The van der Waals surface area contributed by atoms with Gasteiger partial charge in [-0.1, -0.05) is 29.3 Å². The Labute approximate surface area is 129 Å². The summed E-state index contributed by atoms with van der Waals surface area (Å²) in [5.74, 6) is -0.494. The lowest BCUT2D eigenvalue weighted by Crippen LogP contribution is -2.37. The quantitative estimate of drug-likeness (QED) is 0.623. The van der Waals surface area contributed by atoms with E-state index in [0.29, 0.717) is 0 Å². The molecule has 0 bridgehead atoms. The molecule has 0 unspecified atom stereocenters. The maximum atomic E-state index is 12.5. The highest BCUT2D eigenvalue weighted by atomic mass is 35.5. The van der Waals surface area contributed by atoms with Crippen molar-refractivity contribution in [1.82, 2.24) is 4.90 Å². The van der Waals surface area contributed by atoms with Crippen molar-refractivity contribution in [3.8, 4) is 0 Å². The number of halogens is 5. The lowest BCUT2D eigenvalue weighted by atomic mass is 10.1. The summed E-state index contributed by atoms with van der Waals surface area (Å²) in [6, 6.07) is 2.76. The molecule has 21 heavy (non-hydrogen) atoms. The molecule has 1 heterocycles. The Hall–Kier alpha value is -1.40. The molecule has 3 nitrogen and oxygen atoms in total. The zero-order valence-electron chi connectivity index (χ0n) is 10.7. The van der Waals surface area contributed by atoms with Crippen LogP contribution in [-0.2, 0) is 0 Å². The SMILES string of the molecule is Nc1cc(Cl)c(Cl)c(C(=O)N2CC=C(C(F)(F)F)CC2)c1. The fourth-order valence-corrected chi connectivity index (χ4v) is 2.46. The van der Waals surface area contributed by atoms with E-state index in [-0.39, 0.29) is 40.8 Å². The van der Waals surface area contributed by atoms with Gasteiger partial charge in [0.2, 0.25) is 0 Å². The van der Waals surface area contributed by atoms with Crippen LogP contribution in [0.1, 0.15) is 16.8 Å². The molecule has 2 rings (SSSR count). The summed E-state index contributed by atoms with van der Waals surface area (Å²) >= 11 is 11.8. The topological polar surface area (TPSA) is 46.3 Å². The molecule has 1 aromatic carbocycles. The number of alkyl halides is 3. The molecule has 0 aromatic heterocycles. The normalized spacial score (nSPS) is 15.9. The van der Waals surface area contributed by atoms with Gasteiger partial charge in [0.25, 0.3) is 5.91 Å². The minimum atomic E-state index is -4.35. The molecule has 0 spiro atoms. The predicted octanol–water partition coefficient (Wildman–Crippen LogP) is 3.91. The van der Waals surface area contributed by atoms with Gasteiger partial charge in [-0.05, 0) is 18.6 Å². The van der Waals surface area contributed by atoms with E-state index in [0.717, 1.165) is 6.08 Å². The van der Waals surface area contributed by atoms with Crippen LogP contribution in [0.5, 0.6) is 0 Å². The van der Waals surface area contributed by atoms with E-state index >= 15 is 0 Å². The lowest BCUT2D eigenvalue weighted by molar-refractivity contribution is -0.0957. The third-order valence-corrected chi connectivity index (χ3v) is 3.94. The Morgan fingerprint density at radius 1 is 1.29 bits per heavy atom. The van der Waals surface area contributed by atoms with Crippen molar-refractivity contribution in [2.24, 2.45) is 0 Å². The van der Waals surface area contributed by atoms with E-state index < -0.39 is 17.7 Å². The number of anilines is 1. The van der Waals surface area contributed by atoms with Crippen LogP contribution < -0.4 is 5.73 Å². The Bertz CT molecular complexity index is 614. The molecule has 1 aliphatic rings. The van der Waals surface area contributed by atoms with Gasteiger partial charge in [-0.3, -0.25) is 4.79 Å². The van der Waals surface area contributed by atoms with Crippen LogP contribution >= 0.6 is 23.2 Å². The lowest BCUT2D eigenvalue weighted by Gasteiger charge is -2.27. The largest absolute Gasteiger partial charge is 0.412 e. The van der Waals surface area contributed by atoms with Crippen LogP contribution in [0.15, 0.2) is 23.8 Å². The maximum absolute atomic E-state index is 12.5. The van der Waals surface area contributed by atoms with Crippen LogP contribution in [0.3, 0.4) is 0 Å². The number of nitrogen functional groups attached to an aromatic ring is 1. The third-order valence-electron chi connectivity index (χ3n) is 3.14. The molecule has 1 amide bonds. The molecular weight excluding hydrogens is 328 g/mol. The van der Waals surface area contributed by atoms with Gasteiger partial charge in [0.15, 0.2) is 0 Å². The number of carbonyl (C=O) groups is 1. The van der Waals surface area contributed by atoms with Crippen molar-refractivity contribution in [3.63, 3.8) is 0 Å².